The molecule has 1 aliphatic rings. The third-order valence-corrected chi connectivity index (χ3v) is 2.80. The Kier molecular flexibility index (Phi) is 2.25. The van der Waals surface area contributed by atoms with Crippen LogP contribution in [0.25, 0.3) is 0 Å². The monoisotopic (exact) mass is 192 g/mol. The minimum atomic E-state index is -0.910. The number of hydrogen-bond acceptors (Lipinski definition) is 2. The minimum absolute atomic E-state index is 0.521. The normalized spacial score (nSPS) is 25.5. The lowest BCUT2D eigenvalue weighted by Crippen LogP contribution is -2.27. The number of carboxylic acid groups (broad SMARTS) is 1. The Balaban J connectivity index is 2.36. The van der Waals surface area contributed by atoms with E-state index < -0.39 is 18.0 Å². The van der Waals surface area contributed by atoms with E-state index in [-0.39, 0.29) is 0 Å². The summed E-state index contributed by atoms with van der Waals surface area (Å²) in [5, 5.41) is 18.7. The van der Waals surface area contributed by atoms with Gasteiger partial charge in [-0.15, -0.1) is 0 Å². The zero-order valence-corrected chi connectivity index (χ0v) is 7.68. The van der Waals surface area contributed by atoms with Crippen LogP contribution in [0, 0.1) is 5.92 Å². The van der Waals surface area contributed by atoms with Crippen molar-refractivity contribution in [2.75, 3.05) is 0 Å². The summed E-state index contributed by atoms with van der Waals surface area (Å²) >= 11 is 0. The van der Waals surface area contributed by atoms with Gasteiger partial charge >= 0.3 is 5.97 Å². The van der Waals surface area contributed by atoms with E-state index in [1.165, 1.54) is 0 Å². The van der Waals surface area contributed by atoms with Crippen LogP contribution in [0.15, 0.2) is 24.3 Å². The van der Waals surface area contributed by atoms with Gasteiger partial charge in [-0.25, -0.2) is 0 Å². The fourth-order valence-electron chi connectivity index (χ4n) is 1.99. The molecule has 0 radical (unpaired) electrons. The van der Waals surface area contributed by atoms with Crippen molar-refractivity contribution in [1.29, 1.82) is 0 Å². The maximum Gasteiger partial charge on any atom is 0.309 e. The number of aliphatic carboxylic acids is 1. The fourth-order valence-corrected chi connectivity index (χ4v) is 1.99. The zero-order valence-electron chi connectivity index (χ0n) is 7.68. The summed E-state index contributed by atoms with van der Waals surface area (Å²) in [7, 11) is 0. The van der Waals surface area contributed by atoms with Gasteiger partial charge in [0, 0.05) is 0 Å². The molecule has 14 heavy (non-hydrogen) atoms. The highest BCUT2D eigenvalue weighted by molar-refractivity contribution is 5.71. The van der Waals surface area contributed by atoms with Crippen molar-refractivity contribution < 1.29 is 15.0 Å². The van der Waals surface area contributed by atoms with Gasteiger partial charge in [-0.05, 0) is 24.0 Å². The molecule has 1 aromatic rings. The molecular formula is C11H12O3. The number of fused-ring (bicyclic) bond motifs is 1. The van der Waals surface area contributed by atoms with Gasteiger partial charge in [-0.2, -0.15) is 0 Å². The number of carbonyl (C=O) groups is 1. The van der Waals surface area contributed by atoms with Crippen molar-refractivity contribution in [3.8, 4) is 0 Å². The topological polar surface area (TPSA) is 57.5 Å². The summed E-state index contributed by atoms with van der Waals surface area (Å²) in [6.07, 6.45) is 0.412. The summed E-state index contributed by atoms with van der Waals surface area (Å²) < 4.78 is 0. The van der Waals surface area contributed by atoms with Crippen LogP contribution in [-0.4, -0.2) is 16.2 Å². The van der Waals surface area contributed by atoms with Crippen molar-refractivity contribution in [1.82, 2.24) is 0 Å². The SMILES string of the molecule is O=C(O)[C@H]1CCc2ccccc2[C@@H]1O. The molecule has 2 N–H and O–H groups in total. The Morgan fingerprint density at radius 1 is 1.36 bits per heavy atom. The summed E-state index contributed by atoms with van der Waals surface area (Å²) in [6, 6.07) is 7.48. The van der Waals surface area contributed by atoms with Crippen LogP contribution in [0.1, 0.15) is 23.7 Å². The summed E-state index contributed by atoms with van der Waals surface area (Å²) in [4.78, 5) is 10.8. The molecule has 1 aromatic carbocycles. The molecule has 0 saturated carbocycles. The van der Waals surface area contributed by atoms with Gasteiger partial charge in [0.1, 0.15) is 0 Å². The van der Waals surface area contributed by atoms with E-state index in [9.17, 15) is 9.90 Å². The van der Waals surface area contributed by atoms with Crippen LogP contribution in [0.4, 0.5) is 0 Å². The minimum Gasteiger partial charge on any atom is -0.481 e. The van der Waals surface area contributed by atoms with E-state index in [2.05, 4.69) is 0 Å². The van der Waals surface area contributed by atoms with Crippen LogP contribution in [0.5, 0.6) is 0 Å². The Labute approximate surface area is 82.0 Å². The largest absolute Gasteiger partial charge is 0.481 e. The molecule has 0 unspecified atom stereocenters. The number of aliphatic hydroxyl groups is 1. The Morgan fingerprint density at radius 2 is 2.07 bits per heavy atom. The van der Waals surface area contributed by atoms with Crippen molar-refractivity contribution in [2.45, 2.75) is 18.9 Å². The van der Waals surface area contributed by atoms with Gasteiger partial charge in [0.25, 0.3) is 0 Å². The summed E-state index contributed by atoms with van der Waals surface area (Å²) in [5.74, 6) is -1.56. The molecule has 2 rings (SSSR count). The summed E-state index contributed by atoms with van der Waals surface area (Å²) in [5.41, 5.74) is 1.84. The zero-order chi connectivity index (χ0) is 10.1. The van der Waals surface area contributed by atoms with Crippen LogP contribution in [0.3, 0.4) is 0 Å². The number of benzene rings is 1. The van der Waals surface area contributed by atoms with Crippen LogP contribution < -0.4 is 0 Å². The van der Waals surface area contributed by atoms with E-state index >= 15 is 0 Å². The van der Waals surface area contributed by atoms with E-state index in [0.29, 0.717) is 6.42 Å². The first-order chi connectivity index (χ1) is 6.70. The highest BCUT2D eigenvalue weighted by Crippen LogP contribution is 2.34. The molecule has 0 heterocycles. The molecule has 0 bridgehead atoms. The fraction of sp³-hybridized carbons (Fsp3) is 0.364. The number of rotatable bonds is 1. The molecule has 0 aromatic heterocycles. The maximum absolute atomic E-state index is 10.8. The Bertz CT molecular complexity index is 359. The molecule has 0 amide bonds. The van der Waals surface area contributed by atoms with Gasteiger partial charge < -0.3 is 10.2 Å². The van der Waals surface area contributed by atoms with Crippen LogP contribution in [0.2, 0.25) is 0 Å². The highest BCUT2D eigenvalue weighted by Gasteiger charge is 2.32. The van der Waals surface area contributed by atoms with Crippen molar-refractivity contribution in [3.63, 3.8) is 0 Å². The molecule has 3 nitrogen and oxygen atoms in total. The predicted octanol–water partition coefficient (Wildman–Crippen LogP) is 1.37. The Morgan fingerprint density at radius 3 is 2.79 bits per heavy atom. The Hall–Kier alpha value is -1.35. The van der Waals surface area contributed by atoms with Crippen LogP contribution in [-0.2, 0) is 11.2 Å². The van der Waals surface area contributed by atoms with E-state index in [0.717, 1.165) is 17.5 Å². The van der Waals surface area contributed by atoms with Gasteiger partial charge in [-0.1, -0.05) is 24.3 Å². The number of hydrogen-bond donors (Lipinski definition) is 2. The smallest absolute Gasteiger partial charge is 0.309 e. The number of aryl methyl sites for hydroxylation is 1. The van der Waals surface area contributed by atoms with E-state index in [4.69, 9.17) is 5.11 Å². The van der Waals surface area contributed by atoms with E-state index in [1.807, 2.05) is 18.2 Å². The average Bonchev–Trinajstić information content (AvgIpc) is 2.18. The lowest BCUT2D eigenvalue weighted by Gasteiger charge is -2.26. The molecule has 74 valence electrons. The first-order valence-electron chi connectivity index (χ1n) is 4.69. The molecular weight excluding hydrogens is 180 g/mol. The van der Waals surface area contributed by atoms with Crippen LogP contribution >= 0.6 is 0 Å². The van der Waals surface area contributed by atoms with E-state index in [1.54, 1.807) is 6.07 Å². The molecule has 1 aliphatic carbocycles. The number of aliphatic hydroxyl groups excluding tert-OH is 1. The van der Waals surface area contributed by atoms with Gasteiger partial charge in [-0.3, -0.25) is 4.79 Å². The van der Waals surface area contributed by atoms with Gasteiger partial charge in [0.15, 0.2) is 0 Å². The lowest BCUT2D eigenvalue weighted by atomic mass is 9.81. The second kappa shape index (κ2) is 3.42. The molecule has 2 atom stereocenters. The molecule has 0 aliphatic heterocycles. The average molecular weight is 192 g/mol. The molecule has 3 heteroatoms. The third-order valence-electron chi connectivity index (χ3n) is 2.80. The van der Waals surface area contributed by atoms with Crippen molar-refractivity contribution in [3.05, 3.63) is 35.4 Å². The highest BCUT2D eigenvalue weighted by atomic mass is 16.4. The third kappa shape index (κ3) is 1.40. The van der Waals surface area contributed by atoms with Gasteiger partial charge in [0.2, 0.25) is 0 Å². The second-order valence-corrected chi connectivity index (χ2v) is 3.63. The predicted molar refractivity (Wildman–Crippen MR) is 50.8 cm³/mol. The molecule has 0 saturated heterocycles. The lowest BCUT2D eigenvalue weighted by molar-refractivity contribution is -0.146. The second-order valence-electron chi connectivity index (χ2n) is 3.63. The first kappa shape index (κ1) is 9.21. The van der Waals surface area contributed by atoms with Gasteiger partial charge in [0.05, 0.1) is 12.0 Å². The quantitative estimate of drug-likeness (QED) is 0.706. The standard InChI is InChI=1S/C11H12O3/c12-10-8-4-2-1-3-7(8)5-6-9(10)11(13)14/h1-4,9-10,12H,5-6H2,(H,13,14)/t9-,10-/m0/s1. The number of carboxylic acids is 1. The van der Waals surface area contributed by atoms with Crippen molar-refractivity contribution in [2.24, 2.45) is 5.92 Å². The maximum atomic E-state index is 10.8. The molecule has 0 fully saturated rings. The summed E-state index contributed by atoms with van der Waals surface area (Å²) in [6.45, 7) is 0. The first-order valence-corrected chi connectivity index (χ1v) is 4.69. The van der Waals surface area contributed by atoms with Crippen molar-refractivity contribution >= 4 is 5.97 Å². The molecule has 0 spiro atoms.